The van der Waals surface area contributed by atoms with Gasteiger partial charge in [0.05, 0.1) is 24.3 Å². The molecule has 6 nitrogen and oxygen atoms in total. The summed E-state index contributed by atoms with van der Waals surface area (Å²) in [5.41, 5.74) is 2.45. The Hall–Kier alpha value is -1.68. The maximum atomic E-state index is 13.3. The van der Waals surface area contributed by atoms with Gasteiger partial charge in [-0.05, 0) is 48.3 Å². The van der Waals surface area contributed by atoms with Crippen LogP contribution in [-0.2, 0) is 41.9 Å². The molecule has 0 unspecified atom stereocenters. The largest absolute Gasteiger partial charge is 0.383 e. The summed E-state index contributed by atoms with van der Waals surface area (Å²) in [7, 11) is 1.63. The van der Waals surface area contributed by atoms with Crippen LogP contribution in [0, 0.1) is 0 Å². The molecule has 5 rings (SSSR count). The van der Waals surface area contributed by atoms with Crippen LogP contribution in [0.1, 0.15) is 27.3 Å². The van der Waals surface area contributed by atoms with Crippen LogP contribution in [0.2, 0.25) is 0 Å². The van der Waals surface area contributed by atoms with Crippen molar-refractivity contribution in [1.82, 2.24) is 14.5 Å². The molecule has 2 aliphatic rings. The number of hydrogen-bond donors (Lipinski definition) is 0. The van der Waals surface area contributed by atoms with Crippen molar-refractivity contribution in [3.05, 3.63) is 42.7 Å². The van der Waals surface area contributed by atoms with Gasteiger partial charge < -0.3 is 9.64 Å². The zero-order chi connectivity index (χ0) is 20.7. The number of thioether (sulfide) groups is 1. The number of methoxy groups -OCH3 is 1. The average Bonchev–Trinajstić information content (AvgIpc) is 3.46. The number of rotatable bonds is 6. The van der Waals surface area contributed by atoms with Crippen molar-refractivity contribution in [3.8, 4) is 0 Å². The van der Waals surface area contributed by atoms with Crippen LogP contribution in [0.5, 0.6) is 0 Å². The lowest BCUT2D eigenvalue weighted by Gasteiger charge is -2.27. The van der Waals surface area contributed by atoms with Crippen LogP contribution in [0.25, 0.3) is 10.2 Å². The highest BCUT2D eigenvalue weighted by molar-refractivity contribution is 7.99. The van der Waals surface area contributed by atoms with E-state index < -0.39 is 0 Å². The van der Waals surface area contributed by atoms with Crippen LogP contribution in [0.15, 0.2) is 21.4 Å². The minimum atomic E-state index is 0.00675. The Morgan fingerprint density at radius 3 is 3.07 bits per heavy atom. The number of aromatic nitrogens is 2. The van der Waals surface area contributed by atoms with E-state index in [9.17, 15) is 9.59 Å². The minimum Gasteiger partial charge on any atom is -0.383 e. The van der Waals surface area contributed by atoms with E-state index in [1.165, 1.54) is 32.6 Å². The van der Waals surface area contributed by atoms with Gasteiger partial charge in [0, 0.05) is 30.0 Å². The minimum absolute atomic E-state index is 0.00675. The fourth-order valence-corrected chi connectivity index (χ4v) is 7.35. The van der Waals surface area contributed by atoms with Crippen molar-refractivity contribution in [2.24, 2.45) is 0 Å². The van der Waals surface area contributed by atoms with Gasteiger partial charge in [-0.1, -0.05) is 11.8 Å². The number of nitrogens with zero attached hydrogens (tertiary/aromatic N) is 3. The smallest absolute Gasteiger partial charge is 0.263 e. The Bertz CT molecular complexity index is 1160. The molecule has 9 heteroatoms. The Morgan fingerprint density at radius 1 is 1.30 bits per heavy atom. The second-order valence-corrected chi connectivity index (χ2v) is 10.6. The number of ether oxygens (including phenoxy) is 1. The Balaban J connectivity index is 1.39. The molecule has 0 atom stereocenters. The maximum Gasteiger partial charge on any atom is 0.263 e. The van der Waals surface area contributed by atoms with Gasteiger partial charge in [-0.15, -0.1) is 22.7 Å². The van der Waals surface area contributed by atoms with Crippen LogP contribution in [0.3, 0.4) is 0 Å². The first-order valence-corrected chi connectivity index (χ1v) is 12.8. The molecule has 30 heavy (non-hydrogen) atoms. The summed E-state index contributed by atoms with van der Waals surface area (Å²) in [6, 6.07) is 2.11. The third-order valence-corrected chi connectivity index (χ3v) is 8.96. The molecule has 1 amide bonds. The fraction of sp³-hybridized carbons (Fsp3) is 0.476. The second-order valence-electron chi connectivity index (χ2n) is 7.60. The summed E-state index contributed by atoms with van der Waals surface area (Å²) in [5.74, 6) is 0.383. The first-order valence-electron chi connectivity index (χ1n) is 10.2. The Morgan fingerprint density at radius 2 is 2.20 bits per heavy atom. The standard InChI is InChI=1S/C21H23N3O3S3/c1-27-9-8-24-20(26)18-14-3-2-4-16(14)30-19(18)22-21(24)29-12-17(25)23-7-5-15-13(11-23)6-10-28-15/h6,10H,2-5,7-9,11-12H2,1H3. The van der Waals surface area contributed by atoms with E-state index in [0.717, 1.165) is 42.4 Å². The number of amides is 1. The average molecular weight is 462 g/mol. The van der Waals surface area contributed by atoms with Crippen molar-refractivity contribution in [2.45, 2.75) is 43.9 Å². The number of hydrogen-bond acceptors (Lipinski definition) is 7. The second kappa shape index (κ2) is 8.45. The van der Waals surface area contributed by atoms with Gasteiger partial charge >= 0.3 is 0 Å². The highest BCUT2D eigenvalue weighted by Gasteiger charge is 2.25. The first-order chi connectivity index (χ1) is 14.7. The van der Waals surface area contributed by atoms with Crippen LogP contribution < -0.4 is 5.56 Å². The van der Waals surface area contributed by atoms with E-state index in [-0.39, 0.29) is 17.2 Å². The van der Waals surface area contributed by atoms with E-state index in [4.69, 9.17) is 9.72 Å². The molecule has 158 valence electrons. The lowest BCUT2D eigenvalue weighted by Crippen LogP contribution is -2.36. The molecule has 1 aliphatic carbocycles. The monoisotopic (exact) mass is 461 g/mol. The number of fused-ring (bicyclic) bond motifs is 4. The van der Waals surface area contributed by atoms with Gasteiger partial charge in [-0.3, -0.25) is 14.2 Å². The quantitative estimate of drug-likeness (QED) is 0.416. The van der Waals surface area contributed by atoms with Gasteiger partial charge in [-0.2, -0.15) is 0 Å². The Kier molecular flexibility index (Phi) is 5.70. The van der Waals surface area contributed by atoms with E-state index in [2.05, 4.69) is 11.4 Å². The molecule has 1 aliphatic heterocycles. The molecule has 0 aromatic carbocycles. The molecule has 0 spiro atoms. The van der Waals surface area contributed by atoms with Crippen molar-refractivity contribution in [2.75, 3.05) is 26.0 Å². The number of aryl methyl sites for hydroxylation is 2. The highest BCUT2D eigenvalue weighted by atomic mass is 32.2. The predicted octanol–water partition coefficient (Wildman–Crippen LogP) is 3.33. The van der Waals surface area contributed by atoms with Gasteiger partial charge in [0.2, 0.25) is 5.91 Å². The predicted molar refractivity (Wildman–Crippen MR) is 122 cm³/mol. The molecule has 4 heterocycles. The van der Waals surface area contributed by atoms with Crippen molar-refractivity contribution >= 4 is 50.6 Å². The van der Waals surface area contributed by atoms with Gasteiger partial charge in [0.25, 0.3) is 5.56 Å². The van der Waals surface area contributed by atoms with Crippen molar-refractivity contribution in [1.29, 1.82) is 0 Å². The SMILES string of the molecule is COCCn1c(SCC(=O)N2CCc3sccc3C2)nc2sc3c(c2c1=O)CCC3. The van der Waals surface area contributed by atoms with Crippen LogP contribution in [-0.4, -0.2) is 46.4 Å². The molecule has 0 radical (unpaired) electrons. The van der Waals surface area contributed by atoms with Crippen molar-refractivity contribution < 1.29 is 9.53 Å². The van der Waals surface area contributed by atoms with Gasteiger partial charge in [0.15, 0.2) is 5.16 Å². The molecular weight excluding hydrogens is 438 g/mol. The summed E-state index contributed by atoms with van der Waals surface area (Å²) < 4.78 is 6.92. The van der Waals surface area contributed by atoms with Crippen LogP contribution in [0.4, 0.5) is 0 Å². The van der Waals surface area contributed by atoms with Crippen molar-refractivity contribution in [3.63, 3.8) is 0 Å². The fourth-order valence-electron chi connectivity index (χ4n) is 4.23. The number of carbonyl (C=O) groups is 1. The third-order valence-electron chi connectivity index (χ3n) is 5.79. The zero-order valence-electron chi connectivity index (χ0n) is 16.8. The molecule has 0 saturated heterocycles. The highest BCUT2D eigenvalue weighted by Crippen LogP contribution is 2.35. The van der Waals surface area contributed by atoms with Crippen LogP contribution >= 0.6 is 34.4 Å². The van der Waals surface area contributed by atoms with E-state index in [0.29, 0.717) is 24.9 Å². The molecular formula is C21H23N3O3S3. The maximum absolute atomic E-state index is 13.3. The Labute approximate surface area is 186 Å². The van der Waals surface area contributed by atoms with Gasteiger partial charge in [0.1, 0.15) is 4.83 Å². The molecule has 0 saturated carbocycles. The molecule has 3 aromatic rings. The molecule has 0 bridgehead atoms. The zero-order valence-corrected chi connectivity index (χ0v) is 19.3. The molecule has 0 fully saturated rings. The van der Waals surface area contributed by atoms with Gasteiger partial charge in [-0.25, -0.2) is 4.98 Å². The summed E-state index contributed by atoms with van der Waals surface area (Å²) in [6.45, 7) is 2.32. The summed E-state index contributed by atoms with van der Waals surface area (Å²) in [4.78, 5) is 36.4. The van der Waals surface area contributed by atoms with E-state index >= 15 is 0 Å². The third kappa shape index (κ3) is 3.62. The summed E-state index contributed by atoms with van der Waals surface area (Å²) in [6.07, 6.45) is 4.03. The van der Waals surface area contributed by atoms with E-state index in [1.807, 2.05) is 4.90 Å². The topological polar surface area (TPSA) is 64.4 Å². The molecule has 0 N–H and O–H groups in total. The lowest BCUT2D eigenvalue weighted by atomic mass is 10.1. The summed E-state index contributed by atoms with van der Waals surface area (Å²) in [5, 5.41) is 3.49. The normalized spacial score (nSPS) is 15.6. The summed E-state index contributed by atoms with van der Waals surface area (Å²) >= 11 is 4.78. The lowest BCUT2D eigenvalue weighted by molar-refractivity contribution is -0.129. The number of thiophene rings is 2. The number of carbonyl (C=O) groups excluding carboxylic acids is 1. The molecule has 3 aromatic heterocycles. The first kappa shape index (κ1) is 20.2. The van der Waals surface area contributed by atoms with E-state index in [1.54, 1.807) is 34.4 Å².